The van der Waals surface area contributed by atoms with Crippen LogP contribution in [0.1, 0.15) is 37.1 Å². The van der Waals surface area contributed by atoms with Crippen LogP contribution in [0.25, 0.3) is 0 Å². The lowest BCUT2D eigenvalue weighted by Crippen LogP contribution is -2.26. The Bertz CT molecular complexity index is 635. The van der Waals surface area contributed by atoms with Gasteiger partial charge in [0.15, 0.2) is 0 Å². The van der Waals surface area contributed by atoms with Crippen molar-refractivity contribution < 1.29 is 9.47 Å². The number of hydrogen-bond acceptors (Lipinski definition) is 4. The molecule has 2 rings (SSSR count). The summed E-state index contributed by atoms with van der Waals surface area (Å²) in [6, 6.07) is 11.0. The van der Waals surface area contributed by atoms with Crippen molar-refractivity contribution in [3.05, 3.63) is 56.5 Å². The summed E-state index contributed by atoms with van der Waals surface area (Å²) in [6.07, 6.45) is 0. The zero-order valence-corrected chi connectivity index (χ0v) is 16.9. The SMILES string of the molecule is CCOc1ccc(C(N)C(N)c2ccc(OCC)c(Br)c2)cc1Br. The molecule has 24 heavy (non-hydrogen) atoms. The Morgan fingerprint density at radius 3 is 1.46 bits per heavy atom. The zero-order chi connectivity index (χ0) is 17.7. The molecular formula is C18H22Br2N2O2. The number of benzene rings is 2. The van der Waals surface area contributed by atoms with E-state index in [-0.39, 0.29) is 12.1 Å². The molecule has 130 valence electrons. The second kappa shape index (κ2) is 8.85. The predicted molar refractivity (Wildman–Crippen MR) is 104 cm³/mol. The predicted octanol–water partition coefficient (Wildman–Crippen LogP) is 4.71. The summed E-state index contributed by atoms with van der Waals surface area (Å²) in [5, 5.41) is 0. The number of ether oxygens (including phenoxy) is 2. The minimum Gasteiger partial charge on any atom is -0.493 e. The number of hydrogen-bond donors (Lipinski definition) is 2. The van der Waals surface area contributed by atoms with Crippen molar-refractivity contribution in [2.24, 2.45) is 11.5 Å². The van der Waals surface area contributed by atoms with Crippen molar-refractivity contribution in [3.8, 4) is 11.5 Å². The quantitative estimate of drug-likeness (QED) is 0.631. The Hall–Kier alpha value is -1.08. The second-order valence-corrected chi connectivity index (χ2v) is 7.01. The highest BCUT2D eigenvalue weighted by molar-refractivity contribution is 9.10. The lowest BCUT2D eigenvalue weighted by atomic mass is 9.95. The van der Waals surface area contributed by atoms with Gasteiger partial charge in [0.1, 0.15) is 11.5 Å². The Morgan fingerprint density at radius 2 is 1.17 bits per heavy atom. The Balaban J connectivity index is 2.21. The van der Waals surface area contributed by atoms with Gasteiger partial charge >= 0.3 is 0 Å². The molecule has 2 unspecified atom stereocenters. The molecule has 0 amide bonds. The van der Waals surface area contributed by atoms with Crippen molar-refractivity contribution >= 4 is 31.9 Å². The lowest BCUT2D eigenvalue weighted by Gasteiger charge is -2.22. The summed E-state index contributed by atoms with van der Waals surface area (Å²) < 4.78 is 12.8. The molecule has 0 radical (unpaired) electrons. The van der Waals surface area contributed by atoms with E-state index >= 15 is 0 Å². The Morgan fingerprint density at radius 1 is 0.792 bits per heavy atom. The van der Waals surface area contributed by atoms with E-state index in [4.69, 9.17) is 20.9 Å². The first-order valence-electron chi connectivity index (χ1n) is 7.83. The van der Waals surface area contributed by atoms with E-state index in [0.29, 0.717) is 13.2 Å². The molecule has 2 atom stereocenters. The van der Waals surface area contributed by atoms with Crippen LogP contribution < -0.4 is 20.9 Å². The molecule has 0 aliphatic carbocycles. The molecule has 0 aliphatic rings. The molecule has 0 aliphatic heterocycles. The van der Waals surface area contributed by atoms with Gasteiger partial charge in [-0.25, -0.2) is 0 Å². The van der Waals surface area contributed by atoms with Crippen LogP contribution in [0.2, 0.25) is 0 Å². The number of nitrogens with two attached hydrogens (primary N) is 2. The van der Waals surface area contributed by atoms with Gasteiger partial charge < -0.3 is 20.9 Å². The van der Waals surface area contributed by atoms with Gasteiger partial charge in [-0.1, -0.05) is 12.1 Å². The molecule has 0 spiro atoms. The van der Waals surface area contributed by atoms with Crippen LogP contribution in [0.5, 0.6) is 11.5 Å². The van der Waals surface area contributed by atoms with Crippen LogP contribution in [-0.4, -0.2) is 13.2 Å². The third-order valence-corrected chi connectivity index (χ3v) is 4.91. The van der Waals surface area contributed by atoms with Gasteiger partial charge in [0.25, 0.3) is 0 Å². The van der Waals surface area contributed by atoms with Crippen LogP contribution in [0.4, 0.5) is 0 Å². The average molecular weight is 458 g/mol. The van der Waals surface area contributed by atoms with Crippen LogP contribution in [0, 0.1) is 0 Å². The molecule has 0 saturated carbocycles. The molecular weight excluding hydrogens is 436 g/mol. The van der Waals surface area contributed by atoms with Gasteiger partial charge in [0.2, 0.25) is 0 Å². The highest BCUT2D eigenvalue weighted by Crippen LogP contribution is 2.34. The van der Waals surface area contributed by atoms with E-state index in [0.717, 1.165) is 31.6 Å². The highest BCUT2D eigenvalue weighted by atomic mass is 79.9. The second-order valence-electron chi connectivity index (χ2n) is 5.30. The van der Waals surface area contributed by atoms with Crippen molar-refractivity contribution in [3.63, 3.8) is 0 Å². The van der Waals surface area contributed by atoms with E-state index in [2.05, 4.69) is 31.9 Å². The maximum Gasteiger partial charge on any atom is 0.133 e. The molecule has 0 aromatic heterocycles. The first kappa shape index (κ1) is 19.2. The molecule has 2 aromatic rings. The van der Waals surface area contributed by atoms with E-state index in [1.165, 1.54) is 0 Å². The fourth-order valence-corrected chi connectivity index (χ4v) is 3.43. The molecule has 2 aromatic carbocycles. The normalized spacial score (nSPS) is 13.4. The molecule has 0 bridgehead atoms. The third-order valence-electron chi connectivity index (χ3n) is 3.67. The molecule has 4 nitrogen and oxygen atoms in total. The number of halogens is 2. The maximum atomic E-state index is 6.38. The van der Waals surface area contributed by atoms with Crippen LogP contribution >= 0.6 is 31.9 Å². The monoisotopic (exact) mass is 456 g/mol. The van der Waals surface area contributed by atoms with Crippen LogP contribution in [-0.2, 0) is 0 Å². The standard InChI is InChI=1S/C18H22Br2N2O2/c1-3-23-15-7-5-11(9-13(15)19)17(21)18(22)12-6-8-16(24-4-2)14(20)10-12/h5-10,17-18H,3-4,21-22H2,1-2H3. The summed E-state index contributed by atoms with van der Waals surface area (Å²) in [7, 11) is 0. The summed E-state index contributed by atoms with van der Waals surface area (Å²) in [6.45, 7) is 5.13. The van der Waals surface area contributed by atoms with Gasteiger partial charge in [-0.3, -0.25) is 0 Å². The van der Waals surface area contributed by atoms with E-state index in [1.807, 2.05) is 50.2 Å². The van der Waals surface area contributed by atoms with Gasteiger partial charge in [-0.15, -0.1) is 0 Å². The minimum atomic E-state index is -0.332. The lowest BCUT2D eigenvalue weighted by molar-refractivity contribution is 0.337. The zero-order valence-electron chi connectivity index (χ0n) is 13.8. The largest absolute Gasteiger partial charge is 0.493 e. The first-order valence-corrected chi connectivity index (χ1v) is 9.42. The number of rotatable bonds is 7. The van der Waals surface area contributed by atoms with Crippen molar-refractivity contribution in [2.75, 3.05) is 13.2 Å². The Kier molecular flexibility index (Phi) is 7.10. The fourth-order valence-electron chi connectivity index (χ4n) is 2.41. The average Bonchev–Trinajstić information content (AvgIpc) is 2.57. The van der Waals surface area contributed by atoms with Crippen molar-refractivity contribution in [2.45, 2.75) is 25.9 Å². The molecule has 0 fully saturated rings. The first-order chi connectivity index (χ1) is 11.5. The summed E-state index contributed by atoms with van der Waals surface area (Å²) in [5.74, 6) is 1.59. The van der Waals surface area contributed by atoms with E-state index < -0.39 is 0 Å². The summed E-state index contributed by atoms with van der Waals surface area (Å²) >= 11 is 7.03. The van der Waals surface area contributed by atoms with Gasteiger partial charge in [-0.05, 0) is 81.1 Å². The van der Waals surface area contributed by atoms with Gasteiger partial charge in [0, 0.05) is 12.1 Å². The van der Waals surface area contributed by atoms with Crippen LogP contribution in [0.3, 0.4) is 0 Å². The van der Waals surface area contributed by atoms with Gasteiger partial charge in [-0.2, -0.15) is 0 Å². The topological polar surface area (TPSA) is 70.5 Å². The molecule has 6 heteroatoms. The fraction of sp³-hybridized carbons (Fsp3) is 0.333. The summed E-state index contributed by atoms with van der Waals surface area (Å²) in [4.78, 5) is 0. The maximum absolute atomic E-state index is 6.38. The van der Waals surface area contributed by atoms with E-state index in [1.54, 1.807) is 0 Å². The smallest absolute Gasteiger partial charge is 0.133 e. The van der Waals surface area contributed by atoms with Crippen molar-refractivity contribution in [1.29, 1.82) is 0 Å². The van der Waals surface area contributed by atoms with Crippen LogP contribution in [0.15, 0.2) is 45.3 Å². The van der Waals surface area contributed by atoms with Crippen molar-refractivity contribution in [1.82, 2.24) is 0 Å². The molecule has 0 heterocycles. The highest BCUT2D eigenvalue weighted by Gasteiger charge is 2.19. The molecule has 0 saturated heterocycles. The third kappa shape index (κ3) is 4.51. The Labute approximate surface area is 159 Å². The molecule has 4 N–H and O–H groups in total. The minimum absolute atomic E-state index is 0.332. The van der Waals surface area contributed by atoms with E-state index in [9.17, 15) is 0 Å². The van der Waals surface area contributed by atoms with Gasteiger partial charge in [0.05, 0.1) is 22.2 Å². The summed E-state index contributed by atoms with van der Waals surface area (Å²) in [5.41, 5.74) is 14.6.